The van der Waals surface area contributed by atoms with E-state index >= 15 is 0 Å². The minimum atomic E-state index is -0.111. The summed E-state index contributed by atoms with van der Waals surface area (Å²) < 4.78 is 6.26. The summed E-state index contributed by atoms with van der Waals surface area (Å²) in [6, 6.07) is 7.36. The van der Waals surface area contributed by atoms with Gasteiger partial charge in [0.1, 0.15) is 5.75 Å². The largest absolute Gasteiger partial charge is 0.426 e. The molecule has 1 fully saturated rings. The number of hydrogen-bond acceptors (Lipinski definition) is 3. The third kappa shape index (κ3) is 3.06. The standard InChI is InChI=1S/C12H14BrNO2/c13-10-2-1-3-11(8-10)16-12(15)9-4-6-14-7-5-9/h1-3,8-9,14H,4-7H2. The van der Waals surface area contributed by atoms with Gasteiger partial charge in [0.05, 0.1) is 5.92 Å². The fourth-order valence-corrected chi connectivity index (χ4v) is 2.17. The zero-order valence-electron chi connectivity index (χ0n) is 8.91. The van der Waals surface area contributed by atoms with Crippen LogP contribution in [0.1, 0.15) is 12.8 Å². The monoisotopic (exact) mass is 283 g/mol. The van der Waals surface area contributed by atoms with Crippen molar-refractivity contribution in [2.45, 2.75) is 12.8 Å². The molecule has 0 radical (unpaired) electrons. The fourth-order valence-electron chi connectivity index (χ4n) is 1.79. The van der Waals surface area contributed by atoms with Crippen molar-refractivity contribution < 1.29 is 9.53 Å². The summed E-state index contributed by atoms with van der Waals surface area (Å²) in [5.41, 5.74) is 0. The van der Waals surface area contributed by atoms with Gasteiger partial charge in [0, 0.05) is 4.47 Å². The molecular weight excluding hydrogens is 270 g/mol. The summed E-state index contributed by atoms with van der Waals surface area (Å²) in [6.07, 6.45) is 1.74. The first kappa shape index (κ1) is 11.6. The van der Waals surface area contributed by atoms with Crippen LogP contribution in [-0.4, -0.2) is 19.1 Å². The average Bonchev–Trinajstić information content (AvgIpc) is 2.30. The lowest BCUT2D eigenvalue weighted by molar-refractivity contribution is -0.139. The maximum atomic E-state index is 11.8. The first-order valence-electron chi connectivity index (χ1n) is 5.44. The summed E-state index contributed by atoms with van der Waals surface area (Å²) in [5, 5.41) is 3.23. The Kier molecular flexibility index (Phi) is 3.96. The van der Waals surface area contributed by atoms with Gasteiger partial charge in [0.25, 0.3) is 0 Å². The van der Waals surface area contributed by atoms with Gasteiger partial charge in [-0.3, -0.25) is 4.79 Å². The van der Waals surface area contributed by atoms with Crippen LogP contribution in [0.2, 0.25) is 0 Å². The van der Waals surface area contributed by atoms with E-state index in [1.54, 1.807) is 12.1 Å². The van der Waals surface area contributed by atoms with Gasteiger partial charge in [-0.1, -0.05) is 22.0 Å². The van der Waals surface area contributed by atoms with Crippen molar-refractivity contribution in [3.63, 3.8) is 0 Å². The molecule has 1 aromatic carbocycles. The summed E-state index contributed by atoms with van der Waals surface area (Å²) in [6.45, 7) is 1.80. The lowest BCUT2D eigenvalue weighted by Crippen LogP contribution is -2.33. The van der Waals surface area contributed by atoms with Gasteiger partial charge in [0.2, 0.25) is 0 Å². The average molecular weight is 284 g/mol. The topological polar surface area (TPSA) is 38.3 Å². The summed E-state index contributed by atoms with van der Waals surface area (Å²) in [5.74, 6) is 0.540. The van der Waals surface area contributed by atoms with Gasteiger partial charge in [-0.15, -0.1) is 0 Å². The Labute approximate surface area is 103 Å². The minimum Gasteiger partial charge on any atom is -0.426 e. The molecule has 0 amide bonds. The molecule has 1 aliphatic rings. The number of carbonyl (C=O) groups excluding carboxylic acids is 1. The van der Waals surface area contributed by atoms with E-state index in [4.69, 9.17) is 4.74 Å². The first-order chi connectivity index (χ1) is 7.75. The van der Waals surface area contributed by atoms with E-state index in [0.717, 1.165) is 30.4 Å². The van der Waals surface area contributed by atoms with Crippen LogP contribution in [0, 0.1) is 5.92 Å². The Morgan fingerprint density at radius 3 is 2.81 bits per heavy atom. The predicted octanol–water partition coefficient (Wildman–Crippen LogP) is 2.35. The lowest BCUT2D eigenvalue weighted by atomic mass is 9.98. The van der Waals surface area contributed by atoms with Crippen LogP contribution < -0.4 is 10.1 Å². The highest BCUT2D eigenvalue weighted by Crippen LogP contribution is 2.20. The summed E-state index contributed by atoms with van der Waals surface area (Å²) >= 11 is 3.35. The van der Waals surface area contributed by atoms with Crippen LogP contribution in [0.25, 0.3) is 0 Å². The first-order valence-corrected chi connectivity index (χ1v) is 6.23. The van der Waals surface area contributed by atoms with E-state index < -0.39 is 0 Å². The molecule has 0 atom stereocenters. The number of nitrogens with one attached hydrogen (secondary N) is 1. The van der Waals surface area contributed by atoms with Crippen molar-refractivity contribution in [2.24, 2.45) is 5.92 Å². The third-order valence-corrected chi connectivity index (χ3v) is 3.18. The predicted molar refractivity (Wildman–Crippen MR) is 65.4 cm³/mol. The molecule has 1 N–H and O–H groups in total. The molecule has 0 unspecified atom stereocenters. The van der Waals surface area contributed by atoms with Crippen molar-refractivity contribution >= 4 is 21.9 Å². The summed E-state index contributed by atoms with van der Waals surface area (Å²) in [7, 11) is 0. The molecule has 0 aromatic heterocycles. The van der Waals surface area contributed by atoms with Crippen LogP contribution >= 0.6 is 15.9 Å². The molecular formula is C12H14BrNO2. The van der Waals surface area contributed by atoms with Gasteiger partial charge in [-0.25, -0.2) is 0 Å². The number of ether oxygens (including phenoxy) is 1. The SMILES string of the molecule is O=C(Oc1cccc(Br)c1)C1CCNCC1. The van der Waals surface area contributed by atoms with E-state index in [1.165, 1.54) is 0 Å². The van der Waals surface area contributed by atoms with E-state index in [0.29, 0.717) is 5.75 Å². The molecule has 1 heterocycles. The Morgan fingerprint density at radius 1 is 1.38 bits per heavy atom. The highest BCUT2D eigenvalue weighted by molar-refractivity contribution is 9.10. The van der Waals surface area contributed by atoms with Crippen molar-refractivity contribution in [1.29, 1.82) is 0 Å². The molecule has 1 saturated heterocycles. The molecule has 4 heteroatoms. The van der Waals surface area contributed by atoms with Crippen LogP contribution in [0.15, 0.2) is 28.7 Å². The second-order valence-electron chi connectivity index (χ2n) is 3.90. The Bertz CT molecular complexity index is 375. The van der Waals surface area contributed by atoms with E-state index in [1.807, 2.05) is 12.1 Å². The maximum absolute atomic E-state index is 11.8. The van der Waals surface area contributed by atoms with Gasteiger partial charge < -0.3 is 10.1 Å². The van der Waals surface area contributed by atoms with Crippen molar-refractivity contribution in [2.75, 3.05) is 13.1 Å². The molecule has 0 spiro atoms. The quantitative estimate of drug-likeness (QED) is 0.669. The number of esters is 1. The van der Waals surface area contributed by atoms with Crippen LogP contribution in [-0.2, 0) is 4.79 Å². The number of carbonyl (C=O) groups is 1. The van der Waals surface area contributed by atoms with Crippen molar-refractivity contribution in [3.05, 3.63) is 28.7 Å². The van der Waals surface area contributed by atoms with E-state index in [-0.39, 0.29) is 11.9 Å². The van der Waals surface area contributed by atoms with E-state index in [2.05, 4.69) is 21.2 Å². The molecule has 86 valence electrons. The molecule has 0 bridgehead atoms. The zero-order valence-corrected chi connectivity index (χ0v) is 10.5. The second-order valence-corrected chi connectivity index (χ2v) is 4.82. The third-order valence-electron chi connectivity index (χ3n) is 2.69. The molecule has 3 nitrogen and oxygen atoms in total. The maximum Gasteiger partial charge on any atom is 0.314 e. The molecule has 16 heavy (non-hydrogen) atoms. The number of hydrogen-bond donors (Lipinski definition) is 1. The molecule has 0 saturated carbocycles. The second kappa shape index (κ2) is 5.46. The van der Waals surface area contributed by atoms with Gasteiger partial charge in [0.15, 0.2) is 0 Å². The zero-order chi connectivity index (χ0) is 11.4. The minimum absolute atomic E-state index is 0.0419. The Balaban J connectivity index is 1.96. The smallest absolute Gasteiger partial charge is 0.314 e. The fraction of sp³-hybridized carbons (Fsp3) is 0.417. The number of piperidine rings is 1. The molecule has 1 aliphatic heterocycles. The Morgan fingerprint density at radius 2 is 2.12 bits per heavy atom. The van der Waals surface area contributed by atoms with Crippen LogP contribution in [0.4, 0.5) is 0 Å². The van der Waals surface area contributed by atoms with Crippen molar-refractivity contribution in [3.8, 4) is 5.75 Å². The normalized spacial score (nSPS) is 17.1. The van der Waals surface area contributed by atoms with Crippen LogP contribution in [0.5, 0.6) is 5.75 Å². The number of rotatable bonds is 2. The van der Waals surface area contributed by atoms with Crippen molar-refractivity contribution in [1.82, 2.24) is 5.32 Å². The number of halogens is 1. The van der Waals surface area contributed by atoms with E-state index in [9.17, 15) is 4.79 Å². The highest BCUT2D eigenvalue weighted by Gasteiger charge is 2.22. The summed E-state index contributed by atoms with van der Waals surface area (Å²) in [4.78, 5) is 11.8. The lowest BCUT2D eigenvalue weighted by Gasteiger charge is -2.20. The highest BCUT2D eigenvalue weighted by atomic mass is 79.9. The molecule has 0 aliphatic carbocycles. The number of benzene rings is 1. The molecule has 2 rings (SSSR count). The van der Waals surface area contributed by atoms with Crippen LogP contribution in [0.3, 0.4) is 0 Å². The Hall–Kier alpha value is -0.870. The van der Waals surface area contributed by atoms with Gasteiger partial charge in [-0.2, -0.15) is 0 Å². The van der Waals surface area contributed by atoms with Gasteiger partial charge in [-0.05, 0) is 44.1 Å². The molecule has 1 aromatic rings. The van der Waals surface area contributed by atoms with Gasteiger partial charge >= 0.3 is 5.97 Å².